The van der Waals surface area contributed by atoms with E-state index in [9.17, 15) is 4.79 Å². The summed E-state index contributed by atoms with van der Waals surface area (Å²) in [5.41, 5.74) is 5.68. The van der Waals surface area contributed by atoms with Crippen molar-refractivity contribution in [2.75, 3.05) is 26.2 Å². The predicted octanol–water partition coefficient (Wildman–Crippen LogP) is 0.982. The molecule has 1 saturated heterocycles. The van der Waals surface area contributed by atoms with Crippen LogP contribution in [0.4, 0.5) is 0 Å². The van der Waals surface area contributed by atoms with Gasteiger partial charge in [-0.2, -0.15) is 0 Å². The zero-order valence-electron chi connectivity index (χ0n) is 11.2. The molecule has 2 rings (SSSR count). The Hall–Kier alpha value is -0.610. The second-order valence-corrected chi connectivity index (χ2v) is 5.90. The number of nitrogens with two attached hydrogens (primary N) is 1. The largest absolute Gasteiger partial charge is 0.396 e. The topological polar surface area (TPSA) is 66.6 Å². The number of piperidine rings is 1. The van der Waals surface area contributed by atoms with E-state index in [2.05, 4.69) is 0 Å². The zero-order chi connectivity index (χ0) is 13.0. The van der Waals surface area contributed by atoms with Crippen LogP contribution in [0, 0.1) is 17.8 Å². The normalized spacial score (nSPS) is 30.4. The van der Waals surface area contributed by atoms with Crippen LogP contribution in [0.3, 0.4) is 0 Å². The van der Waals surface area contributed by atoms with Gasteiger partial charge in [-0.1, -0.05) is 0 Å². The quantitative estimate of drug-likeness (QED) is 0.789. The highest BCUT2D eigenvalue weighted by molar-refractivity contribution is 5.79. The number of amides is 1. The summed E-state index contributed by atoms with van der Waals surface area (Å²) >= 11 is 0. The first kappa shape index (κ1) is 13.8. The van der Waals surface area contributed by atoms with E-state index in [1.165, 1.54) is 0 Å². The van der Waals surface area contributed by atoms with Crippen molar-refractivity contribution in [3.05, 3.63) is 0 Å². The second-order valence-electron chi connectivity index (χ2n) is 5.90. The monoisotopic (exact) mass is 254 g/mol. The number of nitrogens with zero attached hydrogens (tertiary/aromatic N) is 1. The average molecular weight is 254 g/mol. The van der Waals surface area contributed by atoms with Gasteiger partial charge in [-0.3, -0.25) is 4.79 Å². The maximum Gasteiger partial charge on any atom is 0.225 e. The Labute approximate surface area is 110 Å². The molecule has 0 aromatic carbocycles. The third-order valence-corrected chi connectivity index (χ3v) is 4.71. The molecule has 0 unspecified atom stereocenters. The predicted molar refractivity (Wildman–Crippen MR) is 70.9 cm³/mol. The fourth-order valence-electron chi connectivity index (χ4n) is 3.24. The van der Waals surface area contributed by atoms with E-state index in [1.807, 2.05) is 4.90 Å². The number of aliphatic hydroxyl groups is 1. The number of carbonyl (C=O) groups is 1. The van der Waals surface area contributed by atoms with Gasteiger partial charge in [0.25, 0.3) is 0 Å². The van der Waals surface area contributed by atoms with E-state index in [1.54, 1.807) is 0 Å². The molecule has 1 saturated carbocycles. The van der Waals surface area contributed by atoms with Crippen molar-refractivity contribution in [2.45, 2.75) is 38.5 Å². The number of hydrogen-bond acceptors (Lipinski definition) is 3. The molecular weight excluding hydrogens is 228 g/mol. The minimum absolute atomic E-state index is 0.235. The molecule has 1 aliphatic carbocycles. The van der Waals surface area contributed by atoms with Gasteiger partial charge in [0, 0.05) is 25.6 Å². The Morgan fingerprint density at radius 2 is 1.67 bits per heavy atom. The SMILES string of the molecule is NCC1CCC(C(=O)N2CCC(CO)CC2)CC1. The number of likely N-dealkylation sites (tertiary alicyclic amines) is 1. The van der Waals surface area contributed by atoms with Crippen LogP contribution in [0.25, 0.3) is 0 Å². The lowest BCUT2D eigenvalue weighted by atomic mass is 9.81. The van der Waals surface area contributed by atoms with Gasteiger partial charge in [0.1, 0.15) is 0 Å². The molecule has 1 aliphatic heterocycles. The second kappa shape index (κ2) is 6.53. The van der Waals surface area contributed by atoms with Crippen molar-refractivity contribution in [3.8, 4) is 0 Å². The Morgan fingerprint density at radius 3 is 2.17 bits per heavy atom. The smallest absolute Gasteiger partial charge is 0.225 e. The van der Waals surface area contributed by atoms with Crippen LogP contribution < -0.4 is 5.73 Å². The Kier molecular flexibility index (Phi) is 5.01. The molecule has 104 valence electrons. The zero-order valence-corrected chi connectivity index (χ0v) is 11.2. The van der Waals surface area contributed by atoms with Gasteiger partial charge in [-0.25, -0.2) is 0 Å². The van der Waals surface area contributed by atoms with E-state index in [0.29, 0.717) is 17.7 Å². The van der Waals surface area contributed by atoms with Gasteiger partial charge < -0.3 is 15.7 Å². The van der Waals surface area contributed by atoms with E-state index >= 15 is 0 Å². The average Bonchev–Trinajstić information content (AvgIpc) is 2.47. The Bertz CT molecular complexity index is 241. The lowest BCUT2D eigenvalue weighted by Gasteiger charge is -2.35. The van der Waals surface area contributed by atoms with E-state index in [4.69, 9.17) is 10.8 Å². The first-order valence-corrected chi connectivity index (χ1v) is 7.34. The first-order chi connectivity index (χ1) is 8.74. The molecule has 0 spiro atoms. The van der Waals surface area contributed by atoms with Crippen LogP contribution >= 0.6 is 0 Å². The van der Waals surface area contributed by atoms with E-state index < -0.39 is 0 Å². The summed E-state index contributed by atoms with van der Waals surface area (Å²) in [6.07, 6.45) is 6.17. The van der Waals surface area contributed by atoms with E-state index in [0.717, 1.165) is 58.2 Å². The van der Waals surface area contributed by atoms with Crippen molar-refractivity contribution in [1.29, 1.82) is 0 Å². The summed E-state index contributed by atoms with van der Waals surface area (Å²) in [4.78, 5) is 14.4. The maximum atomic E-state index is 12.4. The third kappa shape index (κ3) is 3.23. The lowest BCUT2D eigenvalue weighted by molar-refractivity contribution is -0.138. The summed E-state index contributed by atoms with van der Waals surface area (Å²) in [5, 5.41) is 9.11. The van der Waals surface area contributed by atoms with Gasteiger partial charge in [0.05, 0.1) is 0 Å². The molecule has 0 atom stereocenters. The molecule has 1 heterocycles. The van der Waals surface area contributed by atoms with Crippen molar-refractivity contribution < 1.29 is 9.90 Å². The number of rotatable bonds is 3. The first-order valence-electron chi connectivity index (χ1n) is 7.34. The van der Waals surface area contributed by atoms with Crippen LogP contribution in [0.5, 0.6) is 0 Å². The van der Waals surface area contributed by atoms with Gasteiger partial charge in [-0.05, 0) is 56.9 Å². The van der Waals surface area contributed by atoms with Gasteiger partial charge >= 0.3 is 0 Å². The van der Waals surface area contributed by atoms with Crippen molar-refractivity contribution >= 4 is 5.91 Å². The van der Waals surface area contributed by atoms with Crippen molar-refractivity contribution in [1.82, 2.24) is 4.90 Å². The van der Waals surface area contributed by atoms with Crippen LogP contribution in [-0.4, -0.2) is 42.2 Å². The summed E-state index contributed by atoms with van der Waals surface area (Å²) in [5.74, 6) is 1.62. The van der Waals surface area contributed by atoms with Crippen LogP contribution in [0.2, 0.25) is 0 Å². The highest BCUT2D eigenvalue weighted by atomic mass is 16.3. The van der Waals surface area contributed by atoms with Gasteiger partial charge in [-0.15, -0.1) is 0 Å². The molecule has 18 heavy (non-hydrogen) atoms. The molecule has 0 bridgehead atoms. The van der Waals surface area contributed by atoms with Gasteiger partial charge in [0.2, 0.25) is 5.91 Å². The molecule has 2 fully saturated rings. The standard InChI is InChI=1S/C14H26N2O2/c15-9-11-1-3-13(4-2-11)14(18)16-7-5-12(10-17)6-8-16/h11-13,17H,1-10,15H2. The molecule has 2 aliphatic rings. The summed E-state index contributed by atoms with van der Waals surface area (Å²) in [7, 11) is 0. The van der Waals surface area contributed by atoms with Crippen LogP contribution in [-0.2, 0) is 4.79 Å². The van der Waals surface area contributed by atoms with Crippen LogP contribution in [0.15, 0.2) is 0 Å². The Balaban J connectivity index is 1.78. The van der Waals surface area contributed by atoms with Crippen molar-refractivity contribution in [3.63, 3.8) is 0 Å². The lowest BCUT2D eigenvalue weighted by Crippen LogP contribution is -2.43. The molecule has 4 heteroatoms. The molecular formula is C14H26N2O2. The summed E-state index contributed by atoms with van der Waals surface area (Å²) in [6.45, 7) is 2.70. The number of hydrogen-bond donors (Lipinski definition) is 2. The third-order valence-electron chi connectivity index (χ3n) is 4.71. The minimum atomic E-state index is 0.235. The fraction of sp³-hybridized carbons (Fsp3) is 0.929. The van der Waals surface area contributed by atoms with Gasteiger partial charge in [0.15, 0.2) is 0 Å². The molecule has 4 nitrogen and oxygen atoms in total. The van der Waals surface area contributed by atoms with E-state index in [-0.39, 0.29) is 12.5 Å². The molecule has 3 N–H and O–H groups in total. The molecule has 1 amide bonds. The fourth-order valence-corrected chi connectivity index (χ4v) is 3.24. The summed E-state index contributed by atoms with van der Waals surface area (Å²) in [6, 6.07) is 0. The summed E-state index contributed by atoms with van der Waals surface area (Å²) < 4.78 is 0. The van der Waals surface area contributed by atoms with Crippen LogP contribution in [0.1, 0.15) is 38.5 Å². The highest BCUT2D eigenvalue weighted by Gasteiger charge is 2.30. The number of carbonyl (C=O) groups excluding carboxylic acids is 1. The minimum Gasteiger partial charge on any atom is -0.396 e. The van der Waals surface area contributed by atoms with Crippen molar-refractivity contribution in [2.24, 2.45) is 23.5 Å². The molecule has 0 aromatic heterocycles. The highest BCUT2D eigenvalue weighted by Crippen LogP contribution is 2.30. The maximum absolute atomic E-state index is 12.4. The molecule has 0 radical (unpaired) electrons. The number of aliphatic hydroxyl groups excluding tert-OH is 1. The molecule has 0 aromatic rings. The Morgan fingerprint density at radius 1 is 1.06 bits per heavy atom.